The van der Waals surface area contributed by atoms with Gasteiger partial charge in [0.25, 0.3) is 0 Å². The summed E-state index contributed by atoms with van der Waals surface area (Å²) in [5.74, 6) is -0.873. The van der Waals surface area contributed by atoms with Crippen LogP contribution in [0.3, 0.4) is 0 Å². The van der Waals surface area contributed by atoms with Crippen LogP contribution >= 0.6 is 0 Å². The first-order valence-corrected chi connectivity index (χ1v) is 4.26. The number of rotatable bonds is 3. The van der Waals surface area contributed by atoms with Crippen LogP contribution in [-0.4, -0.2) is 29.4 Å². The van der Waals surface area contributed by atoms with Crippen molar-refractivity contribution in [3.05, 3.63) is 12.2 Å². The van der Waals surface area contributed by atoms with Crippen LogP contribution in [0.1, 0.15) is 13.3 Å². The number of carboxylic acids is 1. The molecule has 0 spiro atoms. The first-order chi connectivity index (χ1) is 6.19. The molecule has 1 aliphatic heterocycles. The maximum Gasteiger partial charge on any atom is 0.320 e. The van der Waals surface area contributed by atoms with Crippen molar-refractivity contribution in [1.82, 2.24) is 5.32 Å². The van der Waals surface area contributed by atoms with Crippen LogP contribution in [0, 0.1) is 5.92 Å². The zero-order valence-electron chi connectivity index (χ0n) is 7.43. The number of carbonyl (C=O) groups excluding carboxylic acids is 1. The predicted molar refractivity (Wildman–Crippen MR) is 47.3 cm³/mol. The molecule has 3 unspecified atom stereocenters. The van der Waals surface area contributed by atoms with Gasteiger partial charge in [-0.1, -0.05) is 12.2 Å². The molecule has 4 nitrogen and oxygen atoms in total. The number of aldehydes is 1. The Morgan fingerprint density at radius 1 is 1.62 bits per heavy atom. The smallest absolute Gasteiger partial charge is 0.320 e. The molecule has 3 atom stereocenters. The molecule has 4 heteroatoms. The fraction of sp³-hybridized carbons (Fsp3) is 0.556. The van der Waals surface area contributed by atoms with E-state index in [1.807, 2.05) is 19.1 Å². The highest BCUT2D eigenvalue weighted by molar-refractivity contribution is 5.76. The molecule has 1 fully saturated rings. The summed E-state index contributed by atoms with van der Waals surface area (Å²) in [6.07, 6.45) is 4.97. The van der Waals surface area contributed by atoms with Gasteiger partial charge in [0.1, 0.15) is 12.3 Å². The molecule has 0 aromatic heterocycles. The van der Waals surface area contributed by atoms with E-state index in [-0.39, 0.29) is 12.0 Å². The topological polar surface area (TPSA) is 66.4 Å². The molecule has 0 aromatic carbocycles. The van der Waals surface area contributed by atoms with Gasteiger partial charge in [0.2, 0.25) is 0 Å². The molecule has 0 saturated carbocycles. The van der Waals surface area contributed by atoms with Gasteiger partial charge < -0.3 is 9.90 Å². The second-order valence-corrected chi connectivity index (χ2v) is 3.14. The monoisotopic (exact) mass is 183 g/mol. The summed E-state index contributed by atoms with van der Waals surface area (Å²) < 4.78 is 0. The molecule has 0 aromatic rings. The molecular formula is C9H13NO3. The minimum atomic E-state index is -0.890. The lowest BCUT2D eigenvalue weighted by Gasteiger charge is -2.06. The average molecular weight is 183 g/mol. The molecule has 1 heterocycles. The van der Waals surface area contributed by atoms with E-state index in [1.165, 1.54) is 0 Å². The fourth-order valence-electron chi connectivity index (χ4n) is 1.60. The Morgan fingerprint density at radius 3 is 2.77 bits per heavy atom. The molecule has 1 rings (SSSR count). The van der Waals surface area contributed by atoms with Gasteiger partial charge in [-0.05, 0) is 13.3 Å². The standard InChI is InChI=1S/C9H13NO3/c1-2-3-6-4-7(9(12)13)10-8(6)5-11/h2-3,5-8,10H,4H2,1H3,(H,12,13)/b3-2-. The Morgan fingerprint density at radius 2 is 2.31 bits per heavy atom. The summed E-state index contributed by atoms with van der Waals surface area (Å²) in [4.78, 5) is 21.2. The lowest BCUT2D eigenvalue weighted by Crippen LogP contribution is -2.36. The van der Waals surface area contributed by atoms with Crippen molar-refractivity contribution in [3.8, 4) is 0 Å². The van der Waals surface area contributed by atoms with E-state index in [1.54, 1.807) is 0 Å². The number of aliphatic carboxylic acids is 1. The van der Waals surface area contributed by atoms with Gasteiger partial charge in [0.05, 0.1) is 6.04 Å². The van der Waals surface area contributed by atoms with E-state index < -0.39 is 12.0 Å². The fourth-order valence-corrected chi connectivity index (χ4v) is 1.60. The van der Waals surface area contributed by atoms with E-state index in [4.69, 9.17) is 5.11 Å². The van der Waals surface area contributed by atoms with Crippen molar-refractivity contribution in [2.24, 2.45) is 5.92 Å². The zero-order chi connectivity index (χ0) is 9.84. The first kappa shape index (κ1) is 9.92. The Balaban J connectivity index is 2.66. The van der Waals surface area contributed by atoms with Crippen LogP contribution in [0.25, 0.3) is 0 Å². The largest absolute Gasteiger partial charge is 0.480 e. The number of nitrogens with one attached hydrogen (secondary N) is 1. The SMILES string of the molecule is C/C=C\C1CC(C(=O)O)NC1C=O. The molecule has 13 heavy (non-hydrogen) atoms. The van der Waals surface area contributed by atoms with Gasteiger partial charge in [0.15, 0.2) is 0 Å². The third-order valence-corrected chi connectivity index (χ3v) is 2.25. The van der Waals surface area contributed by atoms with Gasteiger partial charge in [-0.2, -0.15) is 0 Å². The summed E-state index contributed by atoms with van der Waals surface area (Å²) in [5.41, 5.74) is 0. The second kappa shape index (κ2) is 4.18. The van der Waals surface area contributed by atoms with Crippen LogP contribution < -0.4 is 5.32 Å². The highest BCUT2D eigenvalue weighted by atomic mass is 16.4. The maximum absolute atomic E-state index is 10.6. The Kier molecular flexibility index (Phi) is 3.19. The van der Waals surface area contributed by atoms with E-state index in [0.717, 1.165) is 6.29 Å². The van der Waals surface area contributed by atoms with Crippen molar-refractivity contribution in [3.63, 3.8) is 0 Å². The number of carboxylic acid groups (broad SMARTS) is 1. The van der Waals surface area contributed by atoms with Crippen molar-refractivity contribution >= 4 is 12.3 Å². The van der Waals surface area contributed by atoms with Crippen molar-refractivity contribution < 1.29 is 14.7 Å². The molecule has 1 aliphatic rings. The maximum atomic E-state index is 10.6. The molecule has 0 bridgehead atoms. The summed E-state index contributed by atoms with van der Waals surface area (Å²) in [6, 6.07) is -0.936. The molecule has 0 aliphatic carbocycles. The number of hydrogen-bond acceptors (Lipinski definition) is 3. The van der Waals surface area contributed by atoms with Crippen LogP contribution in [0.4, 0.5) is 0 Å². The molecule has 1 saturated heterocycles. The minimum Gasteiger partial charge on any atom is -0.480 e. The normalized spacial score (nSPS) is 33.8. The lowest BCUT2D eigenvalue weighted by atomic mass is 9.99. The molecule has 72 valence electrons. The summed E-state index contributed by atoms with van der Waals surface area (Å²) >= 11 is 0. The van der Waals surface area contributed by atoms with Gasteiger partial charge in [-0.25, -0.2) is 0 Å². The lowest BCUT2D eigenvalue weighted by molar-refractivity contribution is -0.139. The van der Waals surface area contributed by atoms with Gasteiger partial charge in [-0.15, -0.1) is 0 Å². The molecule has 0 radical (unpaired) electrons. The molecular weight excluding hydrogens is 170 g/mol. The van der Waals surface area contributed by atoms with Gasteiger partial charge in [0, 0.05) is 5.92 Å². The Labute approximate surface area is 76.6 Å². The molecule has 0 amide bonds. The minimum absolute atomic E-state index is 0.0172. The van der Waals surface area contributed by atoms with E-state index >= 15 is 0 Å². The van der Waals surface area contributed by atoms with Crippen LogP contribution in [0.5, 0.6) is 0 Å². The van der Waals surface area contributed by atoms with E-state index in [9.17, 15) is 9.59 Å². The van der Waals surface area contributed by atoms with Crippen LogP contribution in [0.2, 0.25) is 0 Å². The average Bonchev–Trinajstić information content (AvgIpc) is 2.48. The third-order valence-electron chi connectivity index (χ3n) is 2.25. The first-order valence-electron chi connectivity index (χ1n) is 4.26. The number of allylic oxidation sites excluding steroid dienone is 1. The van der Waals surface area contributed by atoms with Crippen molar-refractivity contribution in [1.29, 1.82) is 0 Å². The van der Waals surface area contributed by atoms with Gasteiger partial charge >= 0.3 is 5.97 Å². The quantitative estimate of drug-likeness (QED) is 0.484. The van der Waals surface area contributed by atoms with Crippen molar-refractivity contribution in [2.45, 2.75) is 25.4 Å². The molecule has 2 N–H and O–H groups in total. The number of hydrogen-bond donors (Lipinski definition) is 2. The zero-order valence-corrected chi connectivity index (χ0v) is 7.43. The van der Waals surface area contributed by atoms with Crippen LogP contribution in [0.15, 0.2) is 12.2 Å². The summed E-state index contributed by atoms with van der Waals surface area (Å²) in [6.45, 7) is 1.86. The number of carbonyl (C=O) groups is 2. The highest BCUT2D eigenvalue weighted by Crippen LogP contribution is 2.20. The highest BCUT2D eigenvalue weighted by Gasteiger charge is 2.35. The second-order valence-electron chi connectivity index (χ2n) is 3.14. The van der Waals surface area contributed by atoms with Gasteiger partial charge in [-0.3, -0.25) is 10.1 Å². The van der Waals surface area contributed by atoms with Crippen molar-refractivity contribution in [2.75, 3.05) is 0 Å². The summed E-state index contributed by atoms with van der Waals surface area (Å²) in [7, 11) is 0. The third kappa shape index (κ3) is 2.15. The van der Waals surface area contributed by atoms with E-state index in [2.05, 4.69) is 5.32 Å². The summed E-state index contributed by atoms with van der Waals surface area (Å²) in [5, 5.41) is 11.5. The predicted octanol–water partition coefficient (Wildman–Crippen LogP) is 0.193. The van der Waals surface area contributed by atoms with Crippen LogP contribution in [-0.2, 0) is 9.59 Å². The van der Waals surface area contributed by atoms with E-state index in [0.29, 0.717) is 6.42 Å². The Hall–Kier alpha value is -1.16. The Bertz CT molecular complexity index is 237.